The molecule has 1 fully saturated rings. The molecule has 0 aromatic heterocycles. The molecular weight excluding hydrogens is 322 g/mol. The number of anilines is 1. The van der Waals surface area contributed by atoms with Crippen LogP contribution < -0.4 is 5.32 Å². The van der Waals surface area contributed by atoms with Crippen molar-refractivity contribution in [3.05, 3.63) is 32.8 Å². The summed E-state index contributed by atoms with van der Waals surface area (Å²) in [4.78, 5) is 10.5. The predicted molar refractivity (Wildman–Crippen MR) is 71.6 cm³/mol. The van der Waals surface area contributed by atoms with E-state index in [9.17, 15) is 18.9 Å². The maximum Gasteiger partial charge on any atom is 0.293 e. The second-order valence-corrected chi connectivity index (χ2v) is 5.61. The number of alkyl halides is 2. The maximum absolute atomic E-state index is 13.0. The third-order valence-corrected chi connectivity index (χ3v) is 3.73. The van der Waals surface area contributed by atoms with Crippen LogP contribution in [-0.2, 0) is 0 Å². The zero-order chi connectivity index (χ0) is 14.0. The summed E-state index contributed by atoms with van der Waals surface area (Å²) < 4.78 is 26.7. The molecule has 104 valence electrons. The molecule has 1 aromatic rings. The molecule has 19 heavy (non-hydrogen) atoms. The quantitative estimate of drug-likeness (QED) is 0.660. The Hall–Kier alpha value is -1.24. The smallest absolute Gasteiger partial charge is 0.293 e. The van der Waals surface area contributed by atoms with E-state index in [0.29, 0.717) is 23.0 Å². The first-order chi connectivity index (χ1) is 8.87. The summed E-state index contributed by atoms with van der Waals surface area (Å²) in [6.45, 7) is 0. The van der Waals surface area contributed by atoms with Crippen molar-refractivity contribution in [2.45, 2.75) is 37.6 Å². The largest absolute Gasteiger partial charge is 0.377 e. The topological polar surface area (TPSA) is 55.2 Å². The van der Waals surface area contributed by atoms with E-state index >= 15 is 0 Å². The van der Waals surface area contributed by atoms with Gasteiger partial charge in [0.2, 0.25) is 5.92 Å². The lowest BCUT2D eigenvalue weighted by Gasteiger charge is -2.29. The van der Waals surface area contributed by atoms with E-state index in [0.717, 1.165) is 0 Å². The van der Waals surface area contributed by atoms with Crippen molar-refractivity contribution in [2.75, 3.05) is 5.32 Å². The SMILES string of the molecule is O=[N+]([O-])c1cc(Br)ccc1NC1CCC(F)(F)CC1. The Morgan fingerprint density at radius 2 is 2.00 bits per heavy atom. The molecule has 0 spiro atoms. The van der Waals surface area contributed by atoms with Gasteiger partial charge in [-0.3, -0.25) is 10.1 Å². The summed E-state index contributed by atoms with van der Waals surface area (Å²) in [5, 5.41) is 13.9. The molecule has 1 saturated carbocycles. The van der Waals surface area contributed by atoms with Gasteiger partial charge in [0, 0.05) is 29.4 Å². The first-order valence-corrected chi connectivity index (χ1v) is 6.75. The number of halogens is 3. The van der Waals surface area contributed by atoms with Crippen LogP contribution in [0.25, 0.3) is 0 Å². The lowest BCUT2D eigenvalue weighted by molar-refractivity contribution is -0.384. The Kier molecular flexibility index (Phi) is 4.03. The Balaban J connectivity index is 2.10. The molecule has 7 heteroatoms. The molecule has 0 saturated heterocycles. The summed E-state index contributed by atoms with van der Waals surface area (Å²) in [6.07, 6.45) is 0.296. The number of hydrogen-bond donors (Lipinski definition) is 1. The molecular formula is C12H13BrF2N2O2. The van der Waals surface area contributed by atoms with E-state index < -0.39 is 10.8 Å². The van der Waals surface area contributed by atoms with Crippen molar-refractivity contribution < 1.29 is 13.7 Å². The number of hydrogen-bond acceptors (Lipinski definition) is 3. The molecule has 0 unspecified atom stereocenters. The van der Waals surface area contributed by atoms with E-state index in [1.807, 2.05) is 0 Å². The van der Waals surface area contributed by atoms with Gasteiger partial charge in [0.25, 0.3) is 5.69 Å². The minimum atomic E-state index is -2.59. The molecule has 0 aliphatic heterocycles. The van der Waals surface area contributed by atoms with E-state index in [-0.39, 0.29) is 24.6 Å². The van der Waals surface area contributed by atoms with Gasteiger partial charge in [-0.2, -0.15) is 0 Å². The molecule has 0 atom stereocenters. The van der Waals surface area contributed by atoms with Crippen molar-refractivity contribution in [1.29, 1.82) is 0 Å². The molecule has 2 rings (SSSR count). The summed E-state index contributed by atoms with van der Waals surface area (Å²) >= 11 is 3.17. The standard InChI is InChI=1S/C12H13BrF2N2O2/c13-8-1-2-10(11(7-8)17(18)19)16-9-3-5-12(14,15)6-4-9/h1-2,7,9,16H,3-6H2. The Morgan fingerprint density at radius 1 is 1.37 bits per heavy atom. The molecule has 0 bridgehead atoms. The third-order valence-electron chi connectivity index (χ3n) is 3.23. The van der Waals surface area contributed by atoms with Gasteiger partial charge in [-0.1, -0.05) is 15.9 Å². The predicted octanol–water partition coefficient (Wildman–Crippen LogP) is 4.35. The fourth-order valence-electron chi connectivity index (χ4n) is 2.18. The Morgan fingerprint density at radius 3 is 2.58 bits per heavy atom. The lowest BCUT2D eigenvalue weighted by Crippen LogP contribution is -2.32. The van der Waals surface area contributed by atoms with Gasteiger partial charge in [-0.25, -0.2) is 8.78 Å². The maximum atomic E-state index is 13.0. The molecule has 4 nitrogen and oxygen atoms in total. The highest BCUT2D eigenvalue weighted by Crippen LogP contribution is 2.36. The summed E-state index contributed by atoms with van der Waals surface area (Å²) in [5.74, 6) is -2.59. The fraction of sp³-hybridized carbons (Fsp3) is 0.500. The van der Waals surface area contributed by atoms with Gasteiger partial charge in [-0.05, 0) is 25.0 Å². The van der Waals surface area contributed by atoms with Crippen molar-refractivity contribution in [3.8, 4) is 0 Å². The number of nitrogens with one attached hydrogen (secondary N) is 1. The van der Waals surface area contributed by atoms with Crippen LogP contribution in [0.4, 0.5) is 20.2 Å². The minimum Gasteiger partial charge on any atom is -0.377 e. The molecule has 1 N–H and O–H groups in total. The fourth-order valence-corrected chi connectivity index (χ4v) is 2.53. The van der Waals surface area contributed by atoms with Gasteiger partial charge in [0.15, 0.2) is 0 Å². The molecule has 0 radical (unpaired) electrons. The van der Waals surface area contributed by atoms with E-state index in [2.05, 4.69) is 21.2 Å². The number of nitro groups is 1. The molecule has 0 amide bonds. The van der Waals surface area contributed by atoms with Crippen LogP contribution >= 0.6 is 15.9 Å². The highest BCUT2D eigenvalue weighted by Gasteiger charge is 2.35. The number of nitro benzene ring substituents is 1. The van der Waals surface area contributed by atoms with Crippen molar-refractivity contribution in [1.82, 2.24) is 0 Å². The monoisotopic (exact) mass is 334 g/mol. The van der Waals surface area contributed by atoms with Gasteiger partial charge in [0.1, 0.15) is 5.69 Å². The van der Waals surface area contributed by atoms with Gasteiger partial charge < -0.3 is 5.32 Å². The van der Waals surface area contributed by atoms with Crippen molar-refractivity contribution in [2.24, 2.45) is 0 Å². The van der Waals surface area contributed by atoms with Crippen LogP contribution in [0, 0.1) is 10.1 Å². The van der Waals surface area contributed by atoms with Crippen LogP contribution in [0.2, 0.25) is 0 Å². The summed E-state index contributed by atoms with van der Waals surface area (Å²) in [6, 6.07) is 4.54. The first-order valence-electron chi connectivity index (χ1n) is 5.96. The van der Waals surface area contributed by atoms with E-state index in [1.54, 1.807) is 12.1 Å². The highest BCUT2D eigenvalue weighted by molar-refractivity contribution is 9.10. The average molecular weight is 335 g/mol. The molecule has 1 aliphatic carbocycles. The molecule has 0 heterocycles. The number of nitrogens with zero attached hydrogens (tertiary/aromatic N) is 1. The van der Waals surface area contributed by atoms with E-state index in [1.165, 1.54) is 6.07 Å². The van der Waals surface area contributed by atoms with Gasteiger partial charge >= 0.3 is 0 Å². The van der Waals surface area contributed by atoms with E-state index in [4.69, 9.17) is 0 Å². The second-order valence-electron chi connectivity index (χ2n) is 4.69. The van der Waals surface area contributed by atoms with Crippen LogP contribution in [0.3, 0.4) is 0 Å². The van der Waals surface area contributed by atoms with Gasteiger partial charge in [-0.15, -0.1) is 0 Å². The van der Waals surface area contributed by atoms with Crippen molar-refractivity contribution >= 4 is 27.3 Å². The van der Waals surface area contributed by atoms with Crippen LogP contribution in [0.5, 0.6) is 0 Å². The lowest BCUT2D eigenvalue weighted by atomic mass is 9.92. The van der Waals surface area contributed by atoms with Gasteiger partial charge in [0.05, 0.1) is 4.92 Å². The second kappa shape index (κ2) is 5.40. The number of rotatable bonds is 3. The van der Waals surface area contributed by atoms with Crippen LogP contribution in [0.1, 0.15) is 25.7 Å². The Bertz CT molecular complexity index is 487. The van der Waals surface area contributed by atoms with Crippen LogP contribution in [0.15, 0.2) is 22.7 Å². The van der Waals surface area contributed by atoms with Crippen LogP contribution in [-0.4, -0.2) is 16.9 Å². The minimum absolute atomic E-state index is 0.0493. The molecule has 1 aromatic carbocycles. The highest BCUT2D eigenvalue weighted by atomic mass is 79.9. The summed E-state index contributed by atoms with van der Waals surface area (Å²) in [7, 11) is 0. The normalized spacial score (nSPS) is 19.1. The number of benzene rings is 1. The zero-order valence-electron chi connectivity index (χ0n) is 10.0. The average Bonchev–Trinajstić information content (AvgIpc) is 2.33. The third kappa shape index (κ3) is 3.62. The first kappa shape index (κ1) is 14.2. The Labute approximate surface area is 117 Å². The summed E-state index contributed by atoms with van der Waals surface area (Å²) in [5.41, 5.74) is 0.329. The zero-order valence-corrected chi connectivity index (χ0v) is 11.6. The van der Waals surface area contributed by atoms with Crippen molar-refractivity contribution in [3.63, 3.8) is 0 Å². The molecule has 1 aliphatic rings.